The van der Waals surface area contributed by atoms with Crippen LogP contribution in [0.4, 0.5) is 0 Å². The van der Waals surface area contributed by atoms with Crippen LogP contribution in [0.15, 0.2) is 12.1 Å². The molecule has 0 unspecified atom stereocenters. The number of hydrogen-bond acceptors (Lipinski definition) is 5. The fourth-order valence-electron chi connectivity index (χ4n) is 1.95. The third kappa shape index (κ3) is 4.90. The van der Waals surface area contributed by atoms with Crippen LogP contribution in [0.5, 0.6) is 17.2 Å². The second-order valence-corrected chi connectivity index (χ2v) is 4.49. The molecule has 0 aliphatic heterocycles. The summed E-state index contributed by atoms with van der Waals surface area (Å²) in [6, 6.07) is 3.89. The van der Waals surface area contributed by atoms with Crippen molar-refractivity contribution < 1.29 is 19.3 Å². The molecule has 0 saturated heterocycles. The van der Waals surface area contributed by atoms with Gasteiger partial charge in [-0.15, -0.1) is 0 Å². The minimum Gasteiger partial charge on any atom is -0.493 e. The molecule has 0 heterocycles. The topological polar surface area (TPSA) is 60.0 Å². The molecule has 0 bridgehead atoms. The Kier molecular flexibility index (Phi) is 7.84. The zero-order chi connectivity index (χ0) is 14.8. The van der Waals surface area contributed by atoms with E-state index in [0.717, 1.165) is 31.4 Å². The zero-order valence-corrected chi connectivity index (χ0v) is 12.6. The first-order valence-corrected chi connectivity index (χ1v) is 6.90. The molecule has 0 fully saturated rings. The maximum atomic E-state index is 8.74. The first-order valence-electron chi connectivity index (χ1n) is 6.90. The monoisotopic (exact) mass is 283 g/mol. The fourth-order valence-corrected chi connectivity index (χ4v) is 1.95. The maximum absolute atomic E-state index is 8.74. The van der Waals surface area contributed by atoms with E-state index in [-0.39, 0.29) is 6.61 Å². The van der Waals surface area contributed by atoms with E-state index >= 15 is 0 Å². The number of ether oxygens (including phenoxy) is 3. The molecule has 0 spiro atoms. The molecule has 5 nitrogen and oxygen atoms in total. The Morgan fingerprint density at radius 1 is 1.05 bits per heavy atom. The van der Waals surface area contributed by atoms with Crippen molar-refractivity contribution in [1.82, 2.24) is 5.32 Å². The number of unbranched alkanes of at least 4 members (excludes halogenated alkanes) is 2. The Balaban J connectivity index is 2.76. The summed E-state index contributed by atoms with van der Waals surface area (Å²) in [7, 11) is 5.14. The molecule has 1 aromatic rings. The molecule has 0 amide bonds. The van der Waals surface area contributed by atoms with Gasteiger partial charge < -0.3 is 24.6 Å². The van der Waals surface area contributed by atoms with Gasteiger partial charge in [0.15, 0.2) is 11.5 Å². The SMILES string of the molecule is CNCc1cc(OC)c(OCCCCCO)c(OC)c1. The van der Waals surface area contributed by atoms with E-state index in [2.05, 4.69) is 5.32 Å². The van der Waals surface area contributed by atoms with Gasteiger partial charge in [0.25, 0.3) is 0 Å². The van der Waals surface area contributed by atoms with Crippen molar-refractivity contribution in [1.29, 1.82) is 0 Å². The number of hydrogen-bond donors (Lipinski definition) is 2. The summed E-state index contributed by atoms with van der Waals surface area (Å²) in [5.74, 6) is 1.99. The Bertz CT molecular complexity index is 370. The van der Waals surface area contributed by atoms with Crippen molar-refractivity contribution in [2.45, 2.75) is 25.8 Å². The maximum Gasteiger partial charge on any atom is 0.203 e. The lowest BCUT2D eigenvalue weighted by atomic mass is 10.1. The third-order valence-electron chi connectivity index (χ3n) is 2.95. The summed E-state index contributed by atoms with van der Waals surface area (Å²) in [6.45, 7) is 1.55. The largest absolute Gasteiger partial charge is 0.493 e. The van der Waals surface area contributed by atoms with Crippen LogP contribution < -0.4 is 19.5 Å². The van der Waals surface area contributed by atoms with Gasteiger partial charge in [-0.1, -0.05) is 0 Å². The van der Waals surface area contributed by atoms with Crippen LogP contribution in [-0.2, 0) is 6.54 Å². The summed E-state index contributed by atoms with van der Waals surface area (Å²) < 4.78 is 16.5. The van der Waals surface area contributed by atoms with Gasteiger partial charge in [0.2, 0.25) is 5.75 Å². The van der Waals surface area contributed by atoms with Crippen molar-refractivity contribution in [3.8, 4) is 17.2 Å². The number of aliphatic hydroxyl groups excluding tert-OH is 1. The van der Waals surface area contributed by atoms with Gasteiger partial charge in [-0.2, -0.15) is 0 Å². The van der Waals surface area contributed by atoms with Crippen LogP contribution in [0.1, 0.15) is 24.8 Å². The van der Waals surface area contributed by atoms with Crippen LogP contribution in [0.3, 0.4) is 0 Å². The predicted molar refractivity (Wildman–Crippen MR) is 78.7 cm³/mol. The van der Waals surface area contributed by atoms with E-state index in [1.54, 1.807) is 14.2 Å². The molecule has 0 aliphatic carbocycles. The standard InChI is InChI=1S/C15H25NO4/c1-16-11-12-9-13(18-2)15(14(10-12)19-3)20-8-6-4-5-7-17/h9-10,16-17H,4-8,11H2,1-3H3. The average molecular weight is 283 g/mol. The number of nitrogens with one attached hydrogen (secondary N) is 1. The summed E-state index contributed by atoms with van der Waals surface area (Å²) in [5, 5.41) is 11.8. The van der Waals surface area contributed by atoms with Gasteiger partial charge in [0.05, 0.1) is 20.8 Å². The van der Waals surface area contributed by atoms with Gasteiger partial charge in [-0.3, -0.25) is 0 Å². The quantitative estimate of drug-likeness (QED) is 0.643. The smallest absolute Gasteiger partial charge is 0.203 e. The number of benzene rings is 1. The first kappa shape index (κ1) is 16.6. The molecular formula is C15H25NO4. The van der Waals surface area contributed by atoms with Crippen molar-refractivity contribution in [3.05, 3.63) is 17.7 Å². The van der Waals surface area contributed by atoms with Gasteiger partial charge in [0.1, 0.15) is 0 Å². The Hall–Kier alpha value is -1.46. The molecule has 0 atom stereocenters. The van der Waals surface area contributed by atoms with Crippen molar-refractivity contribution in [2.75, 3.05) is 34.5 Å². The molecule has 1 rings (SSSR count). The lowest BCUT2D eigenvalue weighted by Gasteiger charge is -2.16. The van der Waals surface area contributed by atoms with Crippen molar-refractivity contribution >= 4 is 0 Å². The highest BCUT2D eigenvalue weighted by molar-refractivity contribution is 5.53. The molecule has 20 heavy (non-hydrogen) atoms. The molecule has 5 heteroatoms. The minimum atomic E-state index is 0.228. The predicted octanol–water partition coefficient (Wildman–Crippen LogP) is 1.96. The molecule has 2 N–H and O–H groups in total. The highest BCUT2D eigenvalue weighted by Gasteiger charge is 2.13. The molecule has 1 aromatic carbocycles. The van der Waals surface area contributed by atoms with Gasteiger partial charge in [-0.05, 0) is 44.0 Å². The van der Waals surface area contributed by atoms with E-state index in [1.807, 2.05) is 19.2 Å². The van der Waals surface area contributed by atoms with E-state index in [4.69, 9.17) is 19.3 Å². The summed E-state index contributed by atoms with van der Waals surface area (Å²) in [6.07, 6.45) is 2.64. The number of rotatable bonds is 10. The second-order valence-electron chi connectivity index (χ2n) is 4.49. The lowest BCUT2D eigenvalue weighted by molar-refractivity contribution is 0.252. The summed E-state index contributed by atoms with van der Waals surface area (Å²) in [4.78, 5) is 0. The Morgan fingerprint density at radius 2 is 1.70 bits per heavy atom. The molecule has 0 saturated carbocycles. The van der Waals surface area contributed by atoms with Crippen molar-refractivity contribution in [2.24, 2.45) is 0 Å². The highest BCUT2D eigenvalue weighted by atomic mass is 16.5. The Morgan fingerprint density at radius 3 is 2.20 bits per heavy atom. The van der Waals surface area contributed by atoms with Crippen molar-refractivity contribution in [3.63, 3.8) is 0 Å². The number of methoxy groups -OCH3 is 2. The van der Waals surface area contributed by atoms with Crippen LogP contribution in [0.25, 0.3) is 0 Å². The molecule has 0 aliphatic rings. The van der Waals surface area contributed by atoms with Crippen LogP contribution in [0.2, 0.25) is 0 Å². The van der Waals surface area contributed by atoms with Gasteiger partial charge in [-0.25, -0.2) is 0 Å². The van der Waals surface area contributed by atoms with E-state index in [9.17, 15) is 0 Å². The van der Waals surface area contributed by atoms with Gasteiger partial charge >= 0.3 is 0 Å². The highest BCUT2D eigenvalue weighted by Crippen LogP contribution is 2.38. The second kappa shape index (κ2) is 9.44. The summed E-state index contributed by atoms with van der Waals surface area (Å²) >= 11 is 0. The van der Waals surface area contributed by atoms with Crippen LogP contribution in [-0.4, -0.2) is 39.6 Å². The molecule has 0 radical (unpaired) electrons. The molecule has 114 valence electrons. The Labute approximate surface area is 120 Å². The van der Waals surface area contributed by atoms with Crippen LogP contribution in [0, 0.1) is 0 Å². The van der Waals surface area contributed by atoms with E-state index in [1.165, 1.54) is 0 Å². The average Bonchev–Trinajstić information content (AvgIpc) is 2.47. The fraction of sp³-hybridized carbons (Fsp3) is 0.600. The molecular weight excluding hydrogens is 258 g/mol. The first-order chi connectivity index (χ1) is 9.76. The lowest BCUT2D eigenvalue weighted by Crippen LogP contribution is -2.07. The minimum absolute atomic E-state index is 0.228. The molecule has 0 aromatic heterocycles. The third-order valence-corrected chi connectivity index (χ3v) is 2.95. The number of aliphatic hydroxyl groups is 1. The summed E-state index contributed by atoms with van der Waals surface area (Å²) in [5.41, 5.74) is 1.08. The normalized spacial score (nSPS) is 10.4. The zero-order valence-electron chi connectivity index (χ0n) is 12.6. The van der Waals surface area contributed by atoms with Crippen LogP contribution >= 0.6 is 0 Å². The van der Waals surface area contributed by atoms with Gasteiger partial charge in [0, 0.05) is 13.2 Å². The van der Waals surface area contributed by atoms with E-state index in [0.29, 0.717) is 23.9 Å². The van der Waals surface area contributed by atoms with E-state index < -0.39 is 0 Å².